The van der Waals surface area contributed by atoms with E-state index in [9.17, 15) is 4.79 Å². The smallest absolute Gasteiger partial charge is 0.255 e. The molecule has 0 saturated heterocycles. The van der Waals surface area contributed by atoms with Crippen molar-refractivity contribution in [2.75, 3.05) is 13.2 Å². The average molecular weight is 288 g/mol. The molecule has 1 aromatic rings. The second-order valence-corrected chi connectivity index (χ2v) is 5.68. The predicted octanol–water partition coefficient (Wildman–Crippen LogP) is 2.32. The van der Waals surface area contributed by atoms with Crippen molar-refractivity contribution < 1.29 is 9.90 Å². The van der Waals surface area contributed by atoms with Crippen LogP contribution in [-0.4, -0.2) is 40.1 Å². The second-order valence-electron chi connectivity index (χ2n) is 5.68. The zero-order valence-electron chi connectivity index (χ0n) is 13.3. The highest BCUT2D eigenvalue weighted by molar-refractivity contribution is 5.94. The Morgan fingerprint density at radius 3 is 2.62 bits per heavy atom. The number of aliphatic hydroxyl groups is 1. The zero-order chi connectivity index (χ0) is 15.8. The van der Waals surface area contributed by atoms with Gasteiger partial charge in [-0.2, -0.15) is 0 Å². The van der Waals surface area contributed by atoms with Crippen LogP contribution in [0.3, 0.4) is 0 Å². The van der Waals surface area contributed by atoms with Gasteiger partial charge in [0.15, 0.2) is 0 Å². The van der Waals surface area contributed by atoms with Crippen LogP contribution in [0.1, 0.15) is 50.0 Å². The third-order valence-electron chi connectivity index (χ3n) is 2.90. The minimum atomic E-state index is -0.0167. The number of aliphatic hydroxyl groups excluding tert-OH is 1. The summed E-state index contributed by atoms with van der Waals surface area (Å²) in [6.07, 6.45) is 3.63. The van der Waals surface area contributed by atoms with E-state index < -0.39 is 0 Å². The molecule has 0 radical (unpaired) electrons. The highest BCUT2D eigenvalue weighted by Gasteiger charge is 2.20. The van der Waals surface area contributed by atoms with Crippen molar-refractivity contribution in [1.29, 1.82) is 0 Å². The van der Waals surface area contributed by atoms with Gasteiger partial charge < -0.3 is 10.0 Å². The molecule has 0 spiro atoms. The van der Waals surface area contributed by atoms with E-state index in [0.717, 1.165) is 6.54 Å². The summed E-state index contributed by atoms with van der Waals surface area (Å²) >= 11 is 0. The van der Waals surface area contributed by atoms with Gasteiger partial charge in [-0.05, 0) is 25.8 Å². The molecule has 1 heterocycles. The normalized spacial score (nSPS) is 10.4. The van der Waals surface area contributed by atoms with E-state index in [0.29, 0.717) is 23.5 Å². The molecule has 114 valence electrons. The van der Waals surface area contributed by atoms with Gasteiger partial charge in [0.1, 0.15) is 0 Å². The SMILES string of the molecule is CC(C)CN(C(=O)c1cncc(C#CCCO)c1)C(C)C. The lowest BCUT2D eigenvalue weighted by Crippen LogP contribution is -2.39. The molecule has 0 fully saturated rings. The van der Waals surface area contributed by atoms with Crippen molar-refractivity contribution in [2.45, 2.75) is 40.2 Å². The standard InChI is InChI=1S/C17H24N2O2/c1-13(2)12-19(14(3)4)17(21)16-9-15(10-18-11-16)7-5-6-8-20/h9-11,13-14,20H,6,8,12H2,1-4H3. The van der Waals surface area contributed by atoms with E-state index in [4.69, 9.17) is 5.11 Å². The summed E-state index contributed by atoms with van der Waals surface area (Å²) < 4.78 is 0. The number of nitrogens with zero attached hydrogens (tertiary/aromatic N) is 2. The molecule has 1 rings (SSSR count). The van der Waals surface area contributed by atoms with Gasteiger partial charge in [-0.1, -0.05) is 25.7 Å². The third-order valence-corrected chi connectivity index (χ3v) is 2.90. The van der Waals surface area contributed by atoms with Crippen LogP contribution in [0.25, 0.3) is 0 Å². The molecular weight excluding hydrogens is 264 g/mol. The number of pyridine rings is 1. The van der Waals surface area contributed by atoms with Crippen molar-refractivity contribution in [3.63, 3.8) is 0 Å². The number of rotatable bonds is 5. The predicted molar refractivity (Wildman–Crippen MR) is 83.8 cm³/mol. The van der Waals surface area contributed by atoms with E-state index in [1.54, 1.807) is 18.5 Å². The number of carbonyl (C=O) groups is 1. The Hall–Kier alpha value is -1.86. The number of hydrogen-bond donors (Lipinski definition) is 1. The minimum absolute atomic E-state index is 0.0167. The van der Waals surface area contributed by atoms with Crippen LogP contribution < -0.4 is 0 Å². The maximum atomic E-state index is 12.6. The fourth-order valence-electron chi connectivity index (χ4n) is 1.93. The number of amides is 1. The van der Waals surface area contributed by atoms with Crippen LogP contribution in [-0.2, 0) is 0 Å². The summed E-state index contributed by atoms with van der Waals surface area (Å²) in [5, 5.41) is 8.73. The van der Waals surface area contributed by atoms with Crippen LogP contribution in [0.15, 0.2) is 18.5 Å². The molecule has 0 aliphatic rings. The number of hydrogen-bond acceptors (Lipinski definition) is 3. The Bertz CT molecular complexity index is 527. The molecule has 0 bridgehead atoms. The summed E-state index contributed by atoms with van der Waals surface area (Å²) in [6, 6.07) is 1.90. The highest BCUT2D eigenvalue weighted by atomic mass is 16.2. The van der Waals surface area contributed by atoms with Crippen molar-refractivity contribution in [3.05, 3.63) is 29.6 Å². The molecule has 1 amide bonds. The van der Waals surface area contributed by atoms with Gasteiger partial charge in [0, 0.05) is 37.0 Å². The summed E-state index contributed by atoms with van der Waals surface area (Å²) in [4.78, 5) is 18.5. The molecule has 4 heteroatoms. The van der Waals surface area contributed by atoms with E-state index in [1.807, 2.05) is 18.7 Å². The summed E-state index contributed by atoms with van der Waals surface area (Å²) in [5.41, 5.74) is 1.25. The van der Waals surface area contributed by atoms with Gasteiger partial charge in [-0.3, -0.25) is 9.78 Å². The quantitative estimate of drug-likeness (QED) is 0.846. The lowest BCUT2D eigenvalue weighted by atomic mass is 10.1. The highest BCUT2D eigenvalue weighted by Crippen LogP contribution is 2.11. The third kappa shape index (κ3) is 5.57. The first-order chi connectivity index (χ1) is 9.95. The van der Waals surface area contributed by atoms with Crippen molar-refractivity contribution >= 4 is 5.91 Å². The summed E-state index contributed by atoms with van der Waals surface area (Å²) in [5.74, 6) is 6.14. The maximum absolute atomic E-state index is 12.6. The van der Waals surface area contributed by atoms with E-state index in [1.165, 1.54) is 0 Å². The first-order valence-corrected chi connectivity index (χ1v) is 7.31. The Balaban J connectivity index is 2.95. The molecule has 1 N–H and O–H groups in total. The van der Waals surface area contributed by atoms with Gasteiger partial charge in [0.05, 0.1) is 12.2 Å². The monoisotopic (exact) mass is 288 g/mol. The molecule has 4 nitrogen and oxygen atoms in total. The van der Waals surface area contributed by atoms with E-state index in [-0.39, 0.29) is 18.6 Å². The van der Waals surface area contributed by atoms with Crippen LogP contribution in [0.4, 0.5) is 0 Å². The van der Waals surface area contributed by atoms with Crippen LogP contribution in [0.5, 0.6) is 0 Å². The molecule has 0 saturated carbocycles. The fourth-order valence-corrected chi connectivity index (χ4v) is 1.93. The van der Waals surface area contributed by atoms with Crippen LogP contribution in [0, 0.1) is 17.8 Å². The van der Waals surface area contributed by atoms with Gasteiger partial charge in [-0.15, -0.1) is 0 Å². The topological polar surface area (TPSA) is 53.4 Å². The number of aromatic nitrogens is 1. The minimum Gasteiger partial charge on any atom is -0.395 e. The Morgan fingerprint density at radius 1 is 1.33 bits per heavy atom. The molecule has 0 aliphatic carbocycles. The largest absolute Gasteiger partial charge is 0.395 e. The van der Waals surface area contributed by atoms with Crippen molar-refractivity contribution in [1.82, 2.24) is 9.88 Å². The Kier molecular flexibility index (Phi) is 6.90. The second kappa shape index (κ2) is 8.43. The lowest BCUT2D eigenvalue weighted by molar-refractivity contribution is 0.0681. The van der Waals surface area contributed by atoms with Crippen molar-refractivity contribution in [3.8, 4) is 11.8 Å². The average Bonchev–Trinajstić information content (AvgIpc) is 2.44. The fraction of sp³-hybridized carbons (Fsp3) is 0.529. The number of carbonyl (C=O) groups excluding carboxylic acids is 1. The van der Waals surface area contributed by atoms with E-state index >= 15 is 0 Å². The molecule has 0 aliphatic heterocycles. The molecule has 21 heavy (non-hydrogen) atoms. The molecular formula is C17H24N2O2. The van der Waals surface area contributed by atoms with Gasteiger partial charge >= 0.3 is 0 Å². The van der Waals surface area contributed by atoms with Crippen molar-refractivity contribution in [2.24, 2.45) is 5.92 Å². The van der Waals surface area contributed by atoms with Crippen LogP contribution >= 0.6 is 0 Å². The zero-order valence-corrected chi connectivity index (χ0v) is 13.3. The molecule has 0 atom stereocenters. The van der Waals surface area contributed by atoms with E-state index in [2.05, 4.69) is 30.7 Å². The molecule has 1 aromatic heterocycles. The Labute approximate surface area is 127 Å². The van der Waals surface area contributed by atoms with Gasteiger partial charge in [0.2, 0.25) is 0 Å². The molecule has 0 unspecified atom stereocenters. The first-order valence-electron chi connectivity index (χ1n) is 7.31. The molecule has 0 aromatic carbocycles. The maximum Gasteiger partial charge on any atom is 0.255 e. The van der Waals surface area contributed by atoms with Gasteiger partial charge in [-0.25, -0.2) is 0 Å². The van der Waals surface area contributed by atoms with Gasteiger partial charge in [0.25, 0.3) is 5.91 Å². The lowest BCUT2D eigenvalue weighted by Gasteiger charge is -2.28. The Morgan fingerprint density at radius 2 is 2.05 bits per heavy atom. The summed E-state index contributed by atoms with van der Waals surface area (Å²) in [7, 11) is 0. The summed E-state index contributed by atoms with van der Waals surface area (Å²) in [6.45, 7) is 8.97. The first kappa shape index (κ1) is 17.2. The van der Waals surface area contributed by atoms with Crippen LogP contribution in [0.2, 0.25) is 0 Å².